The maximum absolute atomic E-state index is 5.98. The van der Waals surface area contributed by atoms with Crippen LogP contribution in [0.5, 0.6) is 0 Å². The fourth-order valence-corrected chi connectivity index (χ4v) is 3.40. The molecule has 1 aliphatic rings. The van der Waals surface area contributed by atoms with Crippen LogP contribution in [0.2, 0.25) is 5.02 Å². The van der Waals surface area contributed by atoms with Crippen LogP contribution in [-0.4, -0.2) is 4.57 Å². The summed E-state index contributed by atoms with van der Waals surface area (Å²) < 4.78 is 4.85. The third-order valence-corrected chi connectivity index (χ3v) is 4.58. The van der Waals surface area contributed by atoms with Gasteiger partial charge in [0.1, 0.15) is 12.7 Å². The van der Waals surface area contributed by atoms with Gasteiger partial charge in [-0.15, -0.1) is 0 Å². The Morgan fingerprint density at radius 1 is 1.00 bits per heavy atom. The third-order valence-electron chi connectivity index (χ3n) is 4.33. The predicted octanol–water partition coefficient (Wildman–Crippen LogP) is 1.09. The van der Waals surface area contributed by atoms with Crippen LogP contribution in [0.1, 0.15) is 17.8 Å². The van der Waals surface area contributed by atoms with Gasteiger partial charge in [0, 0.05) is 10.6 Å². The summed E-state index contributed by atoms with van der Waals surface area (Å²) in [5.41, 5.74) is 3.90. The van der Waals surface area contributed by atoms with Crippen molar-refractivity contribution in [3.8, 4) is 11.3 Å². The second kappa shape index (κ2) is 6.90. The normalized spacial score (nSPS) is 12.7. The van der Waals surface area contributed by atoms with E-state index in [2.05, 4.69) is 57.8 Å². The first-order valence-electron chi connectivity index (χ1n) is 7.73. The van der Waals surface area contributed by atoms with Crippen LogP contribution in [0.15, 0.2) is 60.8 Å². The lowest BCUT2D eigenvalue weighted by atomic mass is 10.1. The molecule has 0 atom stereocenters. The number of hydrogen-bond acceptors (Lipinski definition) is 0. The molecule has 1 aliphatic heterocycles. The van der Waals surface area contributed by atoms with Crippen LogP contribution in [-0.2, 0) is 19.5 Å². The van der Waals surface area contributed by atoms with Crippen LogP contribution in [0.4, 0.5) is 0 Å². The number of hydrogen-bond donors (Lipinski definition) is 0. The number of benzene rings is 2. The van der Waals surface area contributed by atoms with Crippen molar-refractivity contribution in [3.63, 3.8) is 0 Å². The van der Waals surface area contributed by atoms with E-state index in [-0.39, 0.29) is 17.0 Å². The first kappa shape index (κ1) is 16.3. The smallest absolute Gasteiger partial charge is 0.257 e. The Morgan fingerprint density at radius 2 is 1.74 bits per heavy atom. The molecule has 118 valence electrons. The van der Waals surface area contributed by atoms with Crippen LogP contribution < -0.4 is 21.5 Å². The zero-order valence-corrected chi connectivity index (χ0v) is 15.1. The summed E-state index contributed by atoms with van der Waals surface area (Å²) in [6.07, 6.45) is 4.68. The molecule has 2 heterocycles. The molecule has 1 aromatic heterocycles. The molecule has 0 saturated carbocycles. The van der Waals surface area contributed by atoms with Gasteiger partial charge in [0.15, 0.2) is 5.69 Å². The average Bonchev–Trinajstić information content (AvgIpc) is 3.14. The zero-order chi connectivity index (χ0) is 14.9. The molecule has 2 nitrogen and oxygen atoms in total. The van der Waals surface area contributed by atoms with E-state index in [0.29, 0.717) is 0 Å². The van der Waals surface area contributed by atoms with Crippen LogP contribution in [0.3, 0.4) is 0 Å². The summed E-state index contributed by atoms with van der Waals surface area (Å²) >= 11 is 5.98. The Hall–Kier alpha value is -1.58. The maximum Gasteiger partial charge on any atom is 0.257 e. The molecular weight excluding hydrogens is 372 g/mol. The van der Waals surface area contributed by atoms with Crippen LogP contribution in [0.25, 0.3) is 11.3 Å². The van der Waals surface area contributed by atoms with Gasteiger partial charge in [-0.2, -0.15) is 0 Å². The van der Waals surface area contributed by atoms with Crippen molar-refractivity contribution in [2.45, 2.75) is 25.9 Å². The molecule has 0 bridgehead atoms. The van der Waals surface area contributed by atoms with E-state index in [1.165, 1.54) is 29.1 Å². The fraction of sp³-hybridized carbons (Fsp3) is 0.211. The van der Waals surface area contributed by atoms with Crippen molar-refractivity contribution in [2.24, 2.45) is 0 Å². The Bertz CT molecular complexity index is 794. The molecule has 2 aromatic carbocycles. The minimum Gasteiger partial charge on any atom is -1.00 e. The zero-order valence-electron chi connectivity index (χ0n) is 12.8. The second-order valence-corrected chi connectivity index (χ2v) is 6.24. The number of rotatable bonds is 3. The summed E-state index contributed by atoms with van der Waals surface area (Å²) in [6.45, 7) is 2.02. The maximum atomic E-state index is 5.98. The number of halogens is 2. The van der Waals surface area contributed by atoms with Gasteiger partial charge in [0.05, 0.1) is 13.0 Å². The average molecular weight is 390 g/mol. The van der Waals surface area contributed by atoms with Gasteiger partial charge in [0.25, 0.3) is 5.82 Å². The topological polar surface area (TPSA) is 8.81 Å². The minimum atomic E-state index is 0. The van der Waals surface area contributed by atoms with E-state index in [1.807, 2.05) is 12.1 Å². The van der Waals surface area contributed by atoms with Gasteiger partial charge in [-0.1, -0.05) is 54.1 Å². The first-order valence-corrected chi connectivity index (χ1v) is 8.11. The van der Waals surface area contributed by atoms with Crippen molar-refractivity contribution in [1.29, 1.82) is 0 Å². The monoisotopic (exact) mass is 388 g/mol. The predicted molar refractivity (Wildman–Crippen MR) is 88.9 cm³/mol. The quantitative estimate of drug-likeness (QED) is 0.593. The summed E-state index contributed by atoms with van der Waals surface area (Å²) in [5.74, 6) is 1.42. The molecule has 0 N–H and O–H groups in total. The lowest BCUT2D eigenvalue weighted by molar-refractivity contribution is -0.694. The van der Waals surface area contributed by atoms with Crippen molar-refractivity contribution < 1.29 is 21.5 Å². The minimum absolute atomic E-state index is 0. The van der Waals surface area contributed by atoms with Crippen LogP contribution in [0, 0.1) is 0 Å². The van der Waals surface area contributed by atoms with E-state index >= 15 is 0 Å². The van der Waals surface area contributed by atoms with Gasteiger partial charge in [-0.05, 0) is 24.1 Å². The third kappa shape index (κ3) is 3.22. The Balaban J connectivity index is 0.00000156. The highest BCUT2D eigenvalue weighted by Gasteiger charge is 2.28. The number of imidazole rings is 1. The Kier molecular flexibility index (Phi) is 4.88. The van der Waals surface area contributed by atoms with Gasteiger partial charge in [-0.3, -0.25) is 0 Å². The molecule has 23 heavy (non-hydrogen) atoms. The summed E-state index contributed by atoms with van der Waals surface area (Å²) in [7, 11) is 0. The van der Waals surface area contributed by atoms with Gasteiger partial charge >= 0.3 is 0 Å². The molecule has 0 saturated heterocycles. The van der Waals surface area contributed by atoms with E-state index in [4.69, 9.17) is 11.6 Å². The van der Waals surface area contributed by atoms with Gasteiger partial charge < -0.3 is 17.0 Å². The SMILES string of the molecule is Clc1ccc(C[n+]2cc(-c3ccccc3)n3c2CCC3)cc1.[Br-]. The van der Waals surface area contributed by atoms with E-state index in [1.54, 1.807) is 0 Å². The highest BCUT2D eigenvalue weighted by atomic mass is 79.9. The highest BCUT2D eigenvalue weighted by molar-refractivity contribution is 6.30. The Morgan fingerprint density at radius 3 is 2.48 bits per heavy atom. The first-order chi connectivity index (χ1) is 10.8. The Labute approximate surface area is 152 Å². The summed E-state index contributed by atoms with van der Waals surface area (Å²) in [6, 6.07) is 18.8. The highest BCUT2D eigenvalue weighted by Crippen LogP contribution is 2.24. The number of aromatic nitrogens is 2. The molecule has 0 fully saturated rings. The fourth-order valence-electron chi connectivity index (χ4n) is 3.27. The molecule has 0 aliphatic carbocycles. The van der Waals surface area contributed by atoms with Crippen molar-refractivity contribution >= 4 is 11.6 Å². The van der Waals surface area contributed by atoms with Gasteiger partial charge in [0.2, 0.25) is 0 Å². The van der Waals surface area contributed by atoms with Crippen molar-refractivity contribution in [3.05, 3.63) is 77.2 Å². The molecule has 4 heteroatoms. The van der Waals surface area contributed by atoms with E-state index in [9.17, 15) is 0 Å². The van der Waals surface area contributed by atoms with Crippen LogP contribution >= 0.6 is 11.6 Å². The molecule has 4 rings (SSSR count). The van der Waals surface area contributed by atoms with Crippen molar-refractivity contribution in [1.82, 2.24) is 4.57 Å². The van der Waals surface area contributed by atoms with Gasteiger partial charge in [-0.25, -0.2) is 9.13 Å². The summed E-state index contributed by atoms with van der Waals surface area (Å²) in [4.78, 5) is 0. The molecule has 0 unspecified atom stereocenters. The second-order valence-electron chi connectivity index (χ2n) is 5.81. The van der Waals surface area contributed by atoms with Crippen molar-refractivity contribution in [2.75, 3.05) is 0 Å². The largest absolute Gasteiger partial charge is 1.00 e. The molecule has 3 aromatic rings. The molecular formula is C19H18BrClN2. The lowest BCUT2D eigenvalue weighted by Gasteiger charge is -2.00. The van der Waals surface area contributed by atoms with E-state index < -0.39 is 0 Å². The van der Waals surface area contributed by atoms with E-state index in [0.717, 1.165) is 24.5 Å². The lowest BCUT2D eigenvalue weighted by Crippen LogP contribution is -3.00. The summed E-state index contributed by atoms with van der Waals surface area (Å²) in [5, 5.41) is 0.792. The molecule has 0 spiro atoms. The molecule has 0 amide bonds. The standard InChI is InChI=1S/C19H18ClN2.BrH/c20-17-10-8-15(9-11-17)13-21-14-18(16-5-2-1-3-6-16)22-12-4-7-19(21)22;/h1-3,5-6,8-11,14H,4,7,12-13H2;1H/q+1;/p-1. The number of nitrogens with zero attached hydrogens (tertiary/aromatic N) is 2. The number of fused-ring (bicyclic) bond motifs is 1. The molecule has 0 radical (unpaired) electrons.